The molecule has 0 aliphatic carbocycles. The van der Waals surface area contributed by atoms with Gasteiger partial charge in [-0.3, -0.25) is 10.1 Å². The zero-order valence-corrected chi connectivity index (χ0v) is 11.5. The monoisotopic (exact) mass is 275 g/mol. The maximum Gasteiger partial charge on any atom is 0.323 e. The van der Waals surface area contributed by atoms with E-state index in [9.17, 15) is 4.79 Å². The number of benzene rings is 1. The largest absolute Gasteiger partial charge is 0.480 e. The molecular formula is C14H17N3O3. The van der Waals surface area contributed by atoms with Gasteiger partial charge in [-0.05, 0) is 25.5 Å². The molecule has 0 amide bonds. The van der Waals surface area contributed by atoms with Gasteiger partial charge in [0.05, 0.1) is 6.54 Å². The summed E-state index contributed by atoms with van der Waals surface area (Å²) in [6, 6.07) is 9.42. The predicted molar refractivity (Wildman–Crippen MR) is 72.9 cm³/mol. The van der Waals surface area contributed by atoms with Gasteiger partial charge in [0.25, 0.3) is 0 Å². The molecule has 0 bridgehead atoms. The number of rotatable bonds is 6. The summed E-state index contributed by atoms with van der Waals surface area (Å²) in [6.45, 7) is 3.66. The number of nitrogens with one attached hydrogen (secondary N) is 1. The van der Waals surface area contributed by atoms with Gasteiger partial charge < -0.3 is 9.52 Å². The quantitative estimate of drug-likeness (QED) is 0.839. The molecule has 0 radical (unpaired) electrons. The third-order valence-corrected chi connectivity index (χ3v) is 3.30. The molecule has 6 heteroatoms. The van der Waals surface area contributed by atoms with Crippen molar-refractivity contribution in [3.8, 4) is 11.5 Å². The van der Waals surface area contributed by atoms with E-state index in [1.807, 2.05) is 37.3 Å². The summed E-state index contributed by atoms with van der Waals surface area (Å²) in [6.07, 6.45) is 0.460. The number of carboxylic acids is 1. The molecule has 1 aromatic carbocycles. The first-order valence-corrected chi connectivity index (χ1v) is 6.41. The van der Waals surface area contributed by atoms with Crippen molar-refractivity contribution in [3.63, 3.8) is 0 Å². The lowest BCUT2D eigenvalue weighted by Crippen LogP contribution is -2.48. The van der Waals surface area contributed by atoms with Crippen LogP contribution < -0.4 is 5.32 Å². The Morgan fingerprint density at radius 2 is 2.05 bits per heavy atom. The number of hydrogen-bond acceptors (Lipinski definition) is 5. The third-order valence-electron chi connectivity index (χ3n) is 3.30. The van der Waals surface area contributed by atoms with E-state index in [0.717, 1.165) is 5.56 Å². The summed E-state index contributed by atoms with van der Waals surface area (Å²) in [5.74, 6) is -0.108. The van der Waals surface area contributed by atoms with E-state index >= 15 is 0 Å². The molecule has 2 rings (SSSR count). The molecular weight excluding hydrogens is 258 g/mol. The Morgan fingerprint density at radius 3 is 2.65 bits per heavy atom. The Balaban J connectivity index is 2.06. The zero-order chi connectivity index (χ0) is 14.6. The normalized spacial score (nSPS) is 13.9. The maximum atomic E-state index is 11.2. The lowest BCUT2D eigenvalue weighted by Gasteiger charge is -2.23. The van der Waals surface area contributed by atoms with Gasteiger partial charge in [0.15, 0.2) is 0 Å². The molecule has 106 valence electrons. The van der Waals surface area contributed by atoms with Gasteiger partial charge in [0.1, 0.15) is 5.54 Å². The van der Waals surface area contributed by atoms with Crippen LogP contribution in [0.25, 0.3) is 11.5 Å². The molecule has 0 spiro atoms. The van der Waals surface area contributed by atoms with Crippen molar-refractivity contribution in [3.05, 3.63) is 36.2 Å². The molecule has 1 aromatic heterocycles. The van der Waals surface area contributed by atoms with E-state index in [0.29, 0.717) is 18.2 Å². The van der Waals surface area contributed by atoms with Crippen LogP contribution in [0.1, 0.15) is 26.2 Å². The van der Waals surface area contributed by atoms with Crippen molar-refractivity contribution in [1.82, 2.24) is 15.5 Å². The first kappa shape index (κ1) is 14.2. The number of carbonyl (C=O) groups is 1. The maximum absolute atomic E-state index is 11.2. The van der Waals surface area contributed by atoms with Crippen molar-refractivity contribution < 1.29 is 14.3 Å². The van der Waals surface area contributed by atoms with Crippen LogP contribution in [0.2, 0.25) is 0 Å². The highest BCUT2D eigenvalue weighted by molar-refractivity contribution is 5.78. The fraction of sp³-hybridized carbons (Fsp3) is 0.357. The zero-order valence-electron chi connectivity index (χ0n) is 11.5. The van der Waals surface area contributed by atoms with E-state index in [4.69, 9.17) is 9.52 Å². The molecule has 0 fully saturated rings. The summed E-state index contributed by atoms with van der Waals surface area (Å²) >= 11 is 0. The average molecular weight is 275 g/mol. The highest BCUT2D eigenvalue weighted by Gasteiger charge is 2.30. The summed E-state index contributed by atoms with van der Waals surface area (Å²) in [4.78, 5) is 11.2. The number of aromatic nitrogens is 2. The van der Waals surface area contributed by atoms with Crippen LogP contribution in [0.5, 0.6) is 0 Å². The summed E-state index contributed by atoms with van der Waals surface area (Å²) < 4.78 is 5.51. The summed E-state index contributed by atoms with van der Waals surface area (Å²) in [7, 11) is 0. The van der Waals surface area contributed by atoms with Gasteiger partial charge in [0.2, 0.25) is 11.8 Å². The van der Waals surface area contributed by atoms with Crippen molar-refractivity contribution in [2.45, 2.75) is 32.4 Å². The fourth-order valence-corrected chi connectivity index (χ4v) is 1.64. The second kappa shape index (κ2) is 5.83. The van der Waals surface area contributed by atoms with Crippen LogP contribution in [0.3, 0.4) is 0 Å². The number of nitrogens with zero attached hydrogens (tertiary/aromatic N) is 2. The average Bonchev–Trinajstić information content (AvgIpc) is 2.94. The molecule has 0 saturated carbocycles. The van der Waals surface area contributed by atoms with Crippen LogP contribution in [0.15, 0.2) is 34.7 Å². The van der Waals surface area contributed by atoms with Gasteiger partial charge in [-0.15, -0.1) is 10.2 Å². The van der Waals surface area contributed by atoms with Crippen LogP contribution in [-0.4, -0.2) is 26.8 Å². The van der Waals surface area contributed by atoms with Gasteiger partial charge in [-0.25, -0.2) is 0 Å². The van der Waals surface area contributed by atoms with Crippen molar-refractivity contribution in [1.29, 1.82) is 0 Å². The second-order valence-electron chi connectivity index (χ2n) is 4.71. The highest BCUT2D eigenvalue weighted by atomic mass is 16.4. The summed E-state index contributed by atoms with van der Waals surface area (Å²) in [5.41, 5.74) is -0.163. The molecule has 1 atom stereocenters. The minimum absolute atomic E-state index is 0.219. The molecule has 0 aliphatic rings. The van der Waals surface area contributed by atoms with Crippen LogP contribution >= 0.6 is 0 Å². The standard InChI is InChI=1S/C14H17N3O3/c1-3-14(2,13(18)19)15-9-11-16-17-12(20-11)10-7-5-4-6-8-10/h4-8,15H,3,9H2,1-2H3,(H,18,19). The SMILES string of the molecule is CCC(C)(NCc1nnc(-c2ccccc2)o1)C(=O)O. The topological polar surface area (TPSA) is 88.3 Å². The number of carboxylic acid groups (broad SMARTS) is 1. The third kappa shape index (κ3) is 3.03. The molecule has 20 heavy (non-hydrogen) atoms. The summed E-state index contributed by atoms with van der Waals surface area (Å²) in [5, 5.41) is 20.0. The van der Waals surface area contributed by atoms with E-state index in [2.05, 4.69) is 15.5 Å². The van der Waals surface area contributed by atoms with Crippen LogP contribution in [0, 0.1) is 0 Å². The van der Waals surface area contributed by atoms with Crippen molar-refractivity contribution >= 4 is 5.97 Å². The first-order valence-electron chi connectivity index (χ1n) is 6.41. The molecule has 0 saturated heterocycles. The lowest BCUT2D eigenvalue weighted by molar-refractivity contribution is -0.144. The molecule has 1 heterocycles. The molecule has 2 aromatic rings. The first-order chi connectivity index (χ1) is 9.55. The Morgan fingerprint density at radius 1 is 1.35 bits per heavy atom. The minimum Gasteiger partial charge on any atom is -0.480 e. The van der Waals surface area contributed by atoms with Gasteiger partial charge in [0, 0.05) is 5.56 Å². The van der Waals surface area contributed by atoms with Crippen LogP contribution in [0.4, 0.5) is 0 Å². The molecule has 6 nitrogen and oxygen atoms in total. The van der Waals surface area contributed by atoms with E-state index in [-0.39, 0.29) is 6.54 Å². The highest BCUT2D eigenvalue weighted by Crippen LogP contribution is 2.17. The second-order valence-corrected chi connectivity index (χ2v) is 4.71. The lowest BCUT2D eigenvalue weighted by atomic mass is 9.99. The fourth-order valence-electron chi connectivity index (χ4n) is 1.64. The van der Waals surface area contributed by atoms with Crippen LogP contribution in [-0.2, 0) is 11.3 Å². The number of aliphatic carboxylic acids is 1. The minimum atomic E-state index is -0.999. The Labute approximate surface area is 116 Å². The molecule has 0 aliphatic heterocycles. The van der Waals surface area contributed by atoms with Crippen molar-refractivity contribution in [2.75, 3.05) is 0 Å². The Bertz CT molecular complexity index is 582. The van der Waals surface area contributed by atoms with E-state index in [1.54, 1.807) is 6.92 Å². The predicted octanol–water partition coefficient (Wildman–Crippen LogP) is 2.08. The van der Waals surface area contributed by atoms with Gasteiger partial charge >= 0.3 is 5.97 Å². The van der Waals surface area contributed by atoms with Crippen molar-refractivity contribution in [2.24, 2.45) is 0 Å². The van der Waals surface area contributed by atoms with E-state index < -0.39 is 11.5 Å². The van der Waals surface area contributed by atoms with Gasteiger partial charge in [-0.2, -0.15) is 0 Å². The molecule has 1 unspecified atom stereocenters. The van der Waals surface area contributed by atoms with Gasteiger partial charge in [-0.1, -0.05) is 25.1 Å². The smallest absolute Gasteiger partial charge is 0.323 e. The number of hydrogen-bond donors (Lipinski definition) is 2. The Kier molecular flexibility index (Phi) is 4.14. The Hall–Kier alpha value is -2.21. The molecule has 2 N–H and O–H groups in total. The van der Waals surface area contributed by atoms with E-state index in [1.165, 1.54) is 0 Å².